The van der Waals surface area contributed by atoms with Crippen LogP contribution in [0.1, 0.15) is 33.9 Å². The standard InChI is InChI=1S/C16H21NOS/c1-10-5-7-14(11(2)9-10)18-16(13(4)17)15-8-6-12(3)19-15/h5-9,13,16H,17H2,1-4H3. The second-order valence-corrected chi connectivity index (χ2v) is 6.43. The average molecular weight is 275 g/mol. The third-order valence-corrected chi connectivity index (χ3v) is 4.17. The van der Waals surface area contributed by atoms with Crippen LogP contribution in [0.5, 0.6) is 5.75 Å². The fourth-order valence-corrected chi connectivity index (χ4v) is 3.12. The Bertz CT molecular complexity index is 560. The van der Waals surface area contributed by atoms with Crippen LogP contribution in [-0.2, 0) is 0 Å². The number of hydrogen-bond donors (Lipinski definition) is 1. The van der Waals surface area contributed by atoms with Crippen molar-refractivity contribution in [2.24, 2.45) is 5.73 Å². The van der Waals surface area contributed by atoms with Crippen LogP contribution in [0.4, 0.5) is 0 Å². The lowest BCUT2D eigenvalue weighted by atomic mass is 10.1. The summed E-state index contributed by atoms with van der Waals surface area (Å²) in [5.41, 5.74) is 8.48. The van der Waals surface area contributed by atoms with E-state index in [1.54, 1.807) is 11.3 Å². The van der Waals surface area contributed by atoms with E-state index in [4.69, 9.17) is 10.5 Å². The van der Waals surface area contributed by atoms with Gasteiger partial charge in [0.05, 0.1) is 0 Å². The van der Waals surface area contributed by atoms with Gasteiger partial charge in [0, 0.05) is 15.8 Å². The predicted octanol–water partition coefficient (Wildman–Crippen LogP) is 4.14. The lowest BCUT2D eigenvalue weighted by Crippen LogP contribution is -2.28. The fourth-order valence-electron chi connectivity index (χ4n) is 2.10. The van der Waals surface area contributed by atoms with Crippen molar-refractivity contribution in [2.75, 3.05) is 0 Å². The molecule has 2 aromatic rings. The SMILES string of the molecule is Cc1ccc(OC(c2ccc(C)s2)C(C)N)c(C)c1. The molecule has 0 aliphatic heterocycles. The molecule has 0 aliphatic carbocycles. The molecule has 1 aromatic heterocycles. The molecule has 1 heterocycles. The first-order chi connectivity index (χ1) is 8.97. The Kier molecular flexibility index (Phi) is 4.27. The van der Waals surface area contributed by atoms with Crippen LogP contribution in [-0.4, -0.2) is 6.04 Å². The molecule has 0 saturated carbocycles. The van der Waals surface area contributed by atoms with E-state index in [9.17, 15) is 0 Å². The zero-order valence-electron chi connectivity index (χ0n) is 11.9. The van der Waals surface area contributed by atoms with Gasteiger partial charge in [0.2, 0.25) is 0 Å². The molecule has 102 valence electrons. The summed E-state index contributed by atoms with van der Waals surface area (Å²) in [4.78, 5) is 2.47. The first-order valence-corrected chi connectivity index (χ1v) is 7.35. The molecule has 2 nitrogen and oxygen atoms in total. The number of hydrogen-bond acceptors (Lipinski definition) is 3. The molecule has 0 spiro atoms. The van der Waals surface area contributed by atoms with E-state index in [-0.39, 0.29) is 12.1 Å². The van der Waals surface area contributed by atoms with Gasteiger partial charge in [-0.05, 0) is 51.5 Å². The maximum atomic E-state index is 6.15. The van der Waals surface area contributed by atoms with Gasteiger partial charge in [-0.2, -0.15) is 0 Å². The highest BCUT2D eigenvalue weighted by Crippen LogP contribution is 2.31. The Labute approximate surface area is 119 Å². The molecule has 0 bridgehead atoms. The normalized spacial score (nSPS) is 14.2. The molecule has 3 heteroatoms. The van der Waals surface area contributed by atoms with E-state index in [0.717, 1.165) is 11.3 Å². The van der Waals surface area contributed by atoms with E-state index in [0.29, 0.717) is 0 Å². The van der Waals surface area contributed by atoms with Crippen LogP contribution in [0.15, 0.2) is 30.3 Å². The first-order valence-electron chi connectivity index (χ1n) is 6.53. The minimum absolute atomic E-state index is 0.0428. The molecule has 0 saturated heterocycles. The van der Waals surface area contributed by atoms with Crippen molar-refractivity contribution in [3.8, 4) is 5.75 Å². The molecule has 2 atom stereocenters. The van der Waals surface area contributed by atoms with E-state index in [1.807, 2.05) is 13.0 Å². The number of ether oxygens (including phenoxy) is 1. The second-order valence-electron chi connectivity index (χ2n) is 5.11. The molecule has 2 rings (SSSR count). The molecule has 2 unspecified atom stereocenters. The summed E-state index contributed by atoms with van der Waals surface area (Å²) in [5, 5.41) is 0. The van der Waals surface area contributed by atoms with Gasteiger partial charge in [0.1, 0.15) is 11.9 Å². The zero-order chi connectivity index (χ0) is 14.0. The molecule has 0 amide bonds. The van der Waals surface area contributed by atoms with Crippen molar-refractivity contribution in [3.05, 3.63) is 51.2 Å². The lowest BCUT2D eigenvalue weighted by Gasteiger charge is -2.22. The molecule has 0 aliphatic rings. The largest absolute Gasteiger partial charge is 0.483 e. The van der Waals surface area contributed by atoms with Crippen molar-refractivity contribution in [1.82, 2.24) is 0 Å². The third-order valence-electron chi connectivity index (χ3n) is 3.10. The van der Waals surface area contributed by atoms with Crippen LogP contribution in [0, 0.1) is 20.8 Å². The highest BCUT2D eigenvalue weighted by atomic mass is 32.1. The van der Waals surface area contributed by atoms with Crippen LogP contribution >= 0.6 is 11.3 Å². The summed E-state index contributed by atoms with van der Waals surface area (Å²) in [5.74, 6) is 0.916. The molecule has 0 fully saturated rings. The van der Waals surface area contributed by atoms with Crippen LogP contribution in [0.3, 0.4) is 0 Å². The summed E-state index contributed by atoms with van der Waals surface area (Å²) >= 11 is 1.75. The molecular weight excluding hydrogens is 254 g/mol. The maximum Gasteiger partial charge on any atom is 0.148 e. The Hall–Kier alpha value is -1.32. The summed E-state index contributed by atoms with van der Waals surface area (Å²) in [6.07, 6.45) is -0.0832. The van der Waals surface area contributed by atoms with E-state index >= 15 is 0 Å². The Morgan fingerprint density at radius 3 is 2.37 bits per heavy atom. The average Bonchev–Trinajstić information content (AvgIpc) is 2.74. The van der Waals surface area contributed by atoms with Gasteiger partial charge in [0.15, 0.2) is 0 Å². The smallest absolute Gasteiger partial charge is 0.148 e. The maximum absolute atomic E-state index is 6.15. The highest BCUT2D eigenvalue weighted by Gasteiger charge is 2.20. The lowest BCUT2D eigenvalue weighted by molar-refractivity contribution is 0.183. The van der Waals surface area contributed by atoms with E-state index < -0.39 is 0 Å². The predicted molar refractivity (Wildman–Crippen MR) is 82.0 cm³/mol. The molecule has 0 radical (unpaired) electrons. The van der Waals surface area contributed by atoms with Crippen LogP contribution in [0.25, 0.3) is 0 Å². The van der Waals surface area contributed by atoms with Gasteiger partial charge in [0.25, 0.3) is 0 Å². The highest BCUT2D eigenvalue weighted by molar-refractivity contribution is 7.12. The van der Waals surface area contributed by atoms with Gasteiger partial charge < -0.3 is 10.5 Å². The van der Waals surface area contributed by atoms with Crippen molar-refractivity contribution < 1.29 is 4.74 Å². The minimum atomic E-state index is -0.0832. The molecule has 1 aromatic carbocycles. The Morgan fingerprint density at radius 1 is 1.11 bits per heavy atom. The van der Waals surface area contributed by atoms with E-state index in [2.05, 4.69) is 45.0 Å². The number of aryl methyl sites for hydroxylation is 3. The molecule has 19 heavy (non-hydrogen) atoms. The Balaban J connectivity index is 2.26. The van der Waals surface area contributed by atoms with Crippen molar-refractivity contribution in [1.29, 1.82) is 0 Å². The molecule has 2 N–H and O–H groups in total. The monoisotopic (exact) mass is 275 g/mol. The number of benzene rings is 1. The zero-order valence-corrected chi connectivity index (χ0v) is 12.8. The van der Waals surface area contributed by atoms with Crippen LogP contribution < -0.4 is 10.5 Å². The second kappa shape index (κ2) is 5.76. The van der Waals surface area contributed by atoms with Gasteiger partial charge in [-0.15, -0.1) is 11.3 Å². The third kappa shape index (κ3) is 3.37. The Morgan fingerprint density at radius 2 is 1.84 bits per heavy atom. The number of nitrogens with two attached hydrogens (primary N) is 1. The quantitative estimate of drug-likeness (QED) is 0.910. The number of rotatable bonds is 4. The van der Waals surface area contributed by atoms with Gasteiger partial charge in [-0.25, -0.2) is 0 Å². The minimum Gasteiger partial charge on any atom is -0.483 e. The summed E-state index contributed by atoms with van der Waals surface area (Å²) in [6.45, 7) is 8.25. The van der Waals surface area contributed by atoms with Gasteiger partial charge >= 0.3 is 0 Å². The van der Waals surface area contributed by atoms with Crippen molar-refractivity contribution in [3.63, 3.8) is 0 Å². The topological polar surface area (TPSA) is 35.2 Å². The summed E-state index contributed by atoms with van der Waals surface area (Å²) in [6, 6.07) is 10.4. The van der Waals surface area contributed by atoms with Crippen molar-refractivity contribution >= 4 is 11.3 Å². The van der Waals surface area contributed by atoms with E-state index in [1.165, 1.54) is 15.3 Å². The fraction of sp³-hybridized carbons (Fsp3) is 0.375. The first kappa shape index (κ1) is 14.1. The van der Waals surface area contributed by atoms with Gasteiger partial charge in [-0.1, -0.05) is 17.7 Å². The summed E-state index contributed by atoms with van der Waals surface area (Å²) in [7, 11) is 0. The molecular formula is C16H21NOS. The summed E-state index contributed by atoms with van der Waals surface area (Å²) < 4.78 is 6.15. The number of thiophene rings is 1. The van der Waals surface area contributed by atoms with Gasteiger partial charge in [-0.3, -0.25) is 0 Å². The van der Waals surface area contributed by atoms with Crippen molar-refractivity contribution in [2.45, 2.75) is 39.8 Å². The van der Waals surface area contributed by atoms with Crippen LogP contribution in [0.2, 0.25) is 0 Å².